The third-order valence-electron chi connectivity index (χ3n) is 7.45. The number of aromatic hydroxyl groups is 1. The molecule has 2 aromatic carbocycles. The maximum absolute atomic E-state index is 13.7. The molecule has 0 spiro atoms. The predicted octanol–water partition coefficient (Wildman–Crippen LogP) is 7.67. The van der Waals surface area contributed by atoms with Gasteiger partial charge in [-0.3, -0.25) is 10.2 Å². The number of nitrogens with one attached hydrogen (secondary N) is 1. The zero-order valence-corrected chi connectivity index (χ0v) is 24.9. The highest BCUT2D eigenvalue weighted by Gasteiger charge is 2.37. The lowest BCUT2D eigenvalue weighted by atomic mass is 9.78. The van der Waals surface area contributed by atoms with Crippen molar-refractivity contribution < 1.29 is 14.6 Å². The lowest BCUT2D eigenvalue weighted by Crippen LogP contribution is -2.38. The average Bonchev–Trinajstić information content (AvgIpc) is 3.07. The van der Waals surface area contributed by atoms with Crippen LogP contribution in [-0.2, 0) is 17.3 Å². The Morgan fingerprint density at radius 3 is 2.08 bits per heavy atom. The molecule has 208 valence electrons. The van der Waals surface area contributed by atoms with E-state index in [0.717, 1.165) is 42.6 Å². The molecule has 0 bridgehead atoms. The molecule has 5 heteroatoms. The molecule has 0 saturated carbocycles. The first kappa shape index (κ1) is 29.7. The van der Waals surface area contributed by atoms with Crippen molar-refractivity contribution in [2.24, 2.45) is 5.92 Å². The van der Waals surface area contributed by atoms with Crippen molar-refractivity contribution in [1.82, 2.24) is 4.90 Å². The Morgan fingerprint density at radius 2 is 1.61 bits per heavy atom. The van der Waals surface area contributed by atoms with Crippen molar-refractivity contribution in [2.75, 3.05) is 6.54 Å². The fraction of sp³-hybridized carbons (Fsp3) is 0.576. The van der Waals surface area contributed by atoms with Crippen LogP contribution >= 0.6 is 0 Å². The number of benzene rings is 2. The summed E-state index contributed by atoms with van der Waals surface area (Å²) in [6.07, 6.45) is 3.78. The Kier molecular flexibility index (Phi) is 9.00. The van der Waals surface area contributed by atoms with E-state index in [1.165, 1.54) is 5.56 Å². The highest BCUT2D eigenvalue weighted by atomic mass is 16.5. The SMILES string of the molecule is CCCC1CC(Cc2ccc(OC(C)C)cc2)C(=N)N1CC(=O)c1cc(C(C)(C)C)c(O)c(C(C)(C)C)c1. The van der Waals surface area contributed by atoms with Gasteiger partial charge in [-0.05, 0) is 73.8 Å². The summed E-state index contributed by atoms with van der Waals surface area (Å²) in [6, 6.07) is 12.1. The normalized spacial score (nSPS) is 18.4. The molecule has 2 aromatic rings. The van der Waals surface area contributed by atoms with Crippen LogP contribution in [-0.4, -0.2) is 40.3 Å². The van der Waals surface area contributed by atoms with Gasteiger partial charge in [0, 0.05) is 28.7 Å². The molecule has 1 aliphatic heterocycles. The molecule has 1 aliphatic rings. The Hall–Kier alpha value is -2.82. The van der Waals surface area contributed by atoms with Crippen LogP contribution in [0.4, 0.5) is 0 Å². The summed E-state index contributed by atoms with van der Waals surface area (Å²) in [4.78, 5) is 15.8. The van der Waals surface area contributed by atoms with Gasteiger partial charge in [-0.2, -0.15) is 0 Å². The number of phenolic OH excluding ortho intramolecular Hbond substituents is 1. The van der Waals surface area contributed by atoms with Crippen molar-refractivity contribution in [3.8, 4) is 11.5 Å². The second-order valence-electron chi connectivity index (χ2n) is 13.2. The van der Waals surface area contributed by atoms with Gasteiger partial charge < -0.3 is 14.7 Å². The second kappa shape index (κ2) is 11.5. The third kappa shape index (κ3) is 6.98. The molecule has 1 heterocycles. The van der Waals surface area contributed by atoms with E-state index in [4.69, 9.17) is 10.1 Å². The largest absolute Gasteiger partial charge is 0.507 e. The van der Waals surface area contributed by atoms with Crippen molar-refractivity contribution in [3.63, 3.8) is 0 Å². The van der Waals surface area contributed by atoms with Gasteiger partial charge in [0.25, 0.3) is 0 Å². The molecule has 1 fully saturated rings. The molecule has 2 N–H and O–H groups in total. The number of ketones is 1. The maximum Gasteiger partial charge on any atom is 0.182 e. The van der Waals surface area contributed by atoms with E-state index in [1.54, 1.807) is 0 Å². The quantitative estimate of drug-likeness (QED) is 0.333. The van der Waals surface area contributed by atoms with Gasteiger partial charge in [0.15, 0.2) is 5.78 Å². The van der Waals surface area contributed by atoms with E-state index >= 15 is 0 Å². The summed E-state index contributed by atoms with van der Waals surface area (Å²) in [7, 11) is 0. The number of hydrogen-bond acceptors (Lipinski definition) is 4. The first-order valence-electron chi connectivity index (χ1n) is 14.1. The van der Waals surface area contributed by atoms with Gasteiger partial charge in [0.1, 0.15) is 11.5 Å². The van der Waals surface area contributed by atoms with E-state index in [-0.39, 0.29) is 47.0 Å². The van der Waals surface area contributed by atoms with Crippen LogP contribution in [0.5, 0.6) is 11.5 Å². The van der Waals surface area contributed by atoms with Crippen molar-refractivity contribution >= 4 is 11.6 Å². The topological polar surface area (TPSA) is 73.6 Å². The smallest absolute Gasteiger partial charge is 0.182 e. The van der Waals surface area contributed by atoms with Crippen LogP contribution in [0.15, 0.2) is 36.4 Å². The molecule has 0 aliphatic carbocycles. The Labute approximate surface area is 230 Å². The van der Waals surface area contributed by atoms with Crippen molar-refractivity contribution in [2.45, 2.75) is 111 Å². The van der Waals surface area contributed by atoms with Gasteiger partial charge in [-0.25, -0.2) is 0 Å². The van der Waals surface area contributed by atoms with E-state index in [9.17, 15) is 9.90 Å². The number of ether oxygens (including phenoxy) is 1. The van der Waals surface area contributed by atoms with E-state index in [0.29, 0.717) is 11.4 Å². The summed E-state index contributed by atoms with van der Waals surface area (Å²) < 4.78 is 5.77. The van der Waals surface area contributed by atoms with Crippen molar-refractivity contribution in [3.05, 3.63) is 58.7 Å². The second-order valence-corrected chi connectivity index (χ2v) is 13.2. The zero-order valence-electron chi connectivity index (χ0n) is 24.9. The van der Waals surface area contributed by atoms with E-state index in [2.05, 4.69) is 60.6 Å². The Balaban J connectivity index is 1.84. The fourth-order valence-electron chi connectivity index (χ4n) is 5.45. The first-order chi connectivity index (χ1) is 17.6. The minimum Gasteiger partial charge on any atom is -0.507 e. The first-order valence-corrected chi connectivity index (χ1v) is 14.1. The summed E-state index contributed by atoms with van der Waals surface area (Å²) in [5.41, 5.74) is 2.78. The molecule has 0 radical (unpaired) electrons. The van der Waals surface area contributed by atoms with Crippen LogP contribution in [0.25, 0.3) is 0 Å². The highest BCUT2D eigenvalue weighted by molar-refractivity contribution is 6.01. The number of carbonyl (C=O) groups excluding carboxylic acids is 1. The molecule has 2 atom stereocenters. The van der Waals surface area contributed by atoms with Crippen LogP contribution in [0.1, 0.15) is 109 Å². The zero-order chi connectivity index (χ0) is 28.4. The standard InChI is InChI=1S/C33H48N2O3/c1-10-11-25-17-24(16-22-12-14-26(15-13-22)38-21(2)3)31(34)35(25)20-29(36)23-18-27(32(4,5)6)30(37)28(19-23)33(7,8)9/h12-15,18-19,21,24-25,34,37H,10-11,16-17,20H2,1-9H3. The monoisotopic (exact) mass is 520 g/mol. The molecule has 2 unspecified atom stereocenters. The number of nitrogens with zero attached hydrogens (tertiary/aromatic N) is 1. The molecule has 38 heavy (non-hydrogen) atoms. The lowest BCUT2D eigenvalue weighted by Gasteiger charge is -2.29. The Morgan fingerprint density at radius 1 is 1.05 bits per heavy atom. The van der Waals surface area contributed by atoms with Crippen LogP contribution in [0, 0.1) is 11.3 Å². The van der Waals surface area contributed by atoms with Gasteiger partial charge in [0.2, 0.25) is 0 Å². The molecular weight excluding hydrogens is 472 g/mol. The van der Waals surface area contributed by atoms with Gasteiger partial charge >= 0.3 is 0 Å². The fourth-order valence-corrected chi connectivity index (χ4v) is 5.45. The number of Topliss-reactive ketones (excluding diaryl/α,β-unsaturated/α-hetero) is 1. The predicted molar refractivity (Wildman–Crippen MR) is 157 cm³/mol. The number of carbonyl (C=O) groups is 1. The number of rotatable bonds is 9. The number of phenols is 1. The van der Waals surface area contributed by atoms with Crippen LogP contribution in [0.3, 0.4) is 0 Å². The number of hydrogen-bond donors (Lipinski definition) is 2. The Bertz CT molecular complexity index is 1100. The molecule has 0 amide bonds. The summed E-state index contributed by atoms with van der Waals surface area (Å²) in [6.45, 7) is 18.7. The maximum atomic E-state index is 13.7. The van der Waals surface area contributed by atoms with Crippen molar-refractivity contribution in [1.29, 1.82) is 5.41 Å². The molecule has 1 saturated heterocycles. The summed E-state index contributed by atoms with van der Waals surface area (Å²) in [5.74, 6) is 1.79. The summed E-state index contributed by atoms with van der Waals surface area (Å²) >= 11 is 0. The molecular formula is C33H48N2O3. The minimum atomic E-state index is -0.299. The van der Waals surface area contributed by atoms with E-state index < -0.39 is 0 Å². The van der Waals surface area contributed by atoms with Gasteiger partial charge in [-0.1, -0.05) is 67.0 Å². The molecule has 3 rings (SSSR count). The lowest BCUT2D eigenvalue weighted by molar-refractivity contribution is 0.0950. The highest BCUT2D eigenvalue weighted by Crippen LogP contribution is 2.40. The van der Waals surface area contributed by atoms with E-state index in [1.807, 2.05) is 43.0 Å². The molecule has 0 aromatic heterocycles. The minimum absolute atomic E-state index is 0.00249. The molecule has 5 nitrogen and oxygen atoms in total. The third-order valence-corrected chi connectivity index (χ3v) is 7.45. The average molecular weight is 521 g/mol. The van der Waals surface area contributed by atoms with Gasteiger partial charge in [0.05, 0.1) is 18.5 Å². The van der Waals surface area contributed by atoms with Crippen LogP contribution in [0.2, 0.25) is 0 Å². The summed E-state index contributed by atoms with van der Waals surface area (Å²) in [5, 5.41) is 20.1. The number of likely N-dealkylation sites (tertiary alicyclic amines) is 1. The number of amidine groups is 1. The van der Waals surface area contributed by atoms with Crippen LogP contribution < -0.4 is 4.74 Å². The van der Waals surface area contributed by atoms with Gasteiger partial charge in [-0.15, -0.1) is 0 Å².